The van der Waals surface area contributed by atoms with Gasteiger partial charge < -0.3 is 4.74 Å². The summed E-state index contributed by atoms with van der Waals surface area (Å²) in [6, 6.07) is 0. The fraction of sp³-hybridized carbons (Fsp3) is 0.857. The van der Waals surface area contributed by atoms with E-state index in [-0.39, 0.29) is 12.1 Å². The molecule has 0 amide bonds. The summed E-state index contributed by atoms with van der Waals surface area (Å²) in [5, 5.41) is 0. The van der Waals surface area contributed by atoms with Gasteiger partial charge in [-0.05, 0) is 12.8 Å². The Bertz CT molecular complexity index is 125. The van der Waals surface area contributed by atoms with E-state index in [1.165, 1.54) is 0 Å². The Morgan fingerprint density at radius 3 is 3.44 bits per heavy atom. The summed E-state index contributed by atoms with van der Waals surface area (Å²) in [6.45, 7) is 0.439. The van der Waals surface area contributed by atoms with Crippen LogP contribution in [0.5, 0.6) is 0 Å². The van der Waals surface area contributed by atoms with E-state index in [2.05, 4.69) is 0 Å². The molecule has 0 aromatic carbocycles. The fourth-order valence-corrected chi connectivity index (χ4v) is 1.01. The van der Waals surface area contributed by atoms with Gasteiger partial charge in [-0.15, -0.1) is 0 Å². The van der Waals surface area contributed by atoms with Gasteiger partial charge in [-0.25, -0.2) is 0 Å². The fourth-order valence-electron chi connectivity index (χ4n) is 1.01. The minimum Gasteiger partial charge on any atom is -0.462 e. The Morgan fingerprint density at radius 1 is 2.00 bits per heavy atom. The smallest absolute Gasteiger partial charge is 0.306 e. The molecule has 1 unspecified atom stereocenters. The number of cyclic esters (lactones) is 1. The third-order valence-corrected chi connectivity index (χ3v) is 1.49. The molecule has 1 rings (SSSR count). The molecule has 1 aliphatic heterocycles. The van der Waals surface area contributed by atoms with Gasteiger partial charge in [0.25, 0.3) is 0 Å². The highest BCUT2D eigenvalue weighted by Crippen LogP contribution is 2.17. The summed E-state index contributed by atoms with van der Waals surface area (Å²) >= 11 is 0. The molecule has 1 aliphatic rings. The first-order valence-electron chi connectivity index (χ1n) is 4.02. The molecule has 2 nitrogen and oxygen atoms in total. The zero-order chi connectivity index (χ0) is 7.40. The largest absolute Gasteiger partial charge is 0.462 e. The number of ether oxygens (including phenoxy) is 1. The highest BCUT2D eigenvalue weighted by molar-refractivity contribution is 5.71. The molecule has 0 aromatic rings. The zero-order valence-corrected chi connectivity index (χ0v) is 5.43. The second-order valence-corrected chi connectivity index (χ2v) is 2.29. The summed E-state index contributed by atoms with van der Waals surface area (Å²) in [4.78, 5) is 10.5. The lowest BCUT2D eigenvalue weighted by Crippen LogP contribution is -2.05. The van der Waals surface area contributed by atoms with Gasteiger partial charge in [0.15, 0.2) is 0 Å². The summed E-state index contributed by atoms with van der Waals surface area (Å²) in [5.41, 5.74) is 0. The van der Waals surface area contributed by atoms with Crippen LogP contribution in [0, 0.1) is 0 Å². The molecule has 1 fully saturated rings. The van der Waals surface area contributed by atoms with E-state index >= 15 is 0 Å². The van der Waals surface area contributed by atoms with Crippen LogP contribution in [-0.2, 0) is 9.53 Å². The molecule has 2 heteroatoms. The predicted molar refractivity (Wildman–Crippen MR) is 34.0 cm³/mol. The molecule has 0 radical (unpaired) electrons. The number of rotatable bonds is 2. The lowest BCUT2D eigenvalue weighted by molar-refractivity contribution is -0.141. The van der Waals surface area contributed by atoms with Gasteiger partial charge in [0, 0.05) is 7.79 Å². The number of carbonyl (C=O) groups excluding carboxylic acids is 1. The van der Waals surface area contributed by atoms with E-state index in [9.17, 15) is 4.79 Å². The summed E-state index contributed by atoms with van der Waals surface area (Å²) in [6.07, 6.45) is 3.27. The molecule has 0 spiro atoms. The number of carbonyl (C=O) groups is 1. The molecule has 1 heterocycles. The number of esters is 1. The second kappa shape index (κ2) is 2.85. The van der Waals surface area contributed by atoms with Gasteiger partial charge >= 0.3 is 5.97 Å². The molecule has 1 atom stereocenters. The molecule has 1 saturated heterocycles. The van der Waals surface area contributed by atoms with Crippen LogP contribution in [0.15, 0.2) is 0 Å². The van der Waals surface area contributed by atoms with Crippen molar-refractivity contribution in [3.05, 3.63) is 0 Å². The molecule has 0 saturated carbocycles. The third-order valence-electron chi connectivity index (χ3n) is 1.49. The quantitative estimate of drug-likeness (QED) is 0.528. The van der Waals surface area contributed by atoms with Crippen molar-refractivity contribution in [3.8, 4) is 0 Å². The van der Waals surface area contributed by atoms with Crippen LogP contribution in [0.1, 0.15) is 34.0 Å². The highest BCUT2D eigenvalue weighted by Gasteiger charge is 2.21. The Labute approximate surface area is 56.6 Å². The van der Waals surface area contributed by atoms with Crippen LogP contribution in [0.4, 0.5) is 0 Å². The van der Waals surface area contributed by atoms with E-state index < -0.39 is 0 Å². The Morgan fingerprint density at radius 2 is 2.89 bits per heavy atom. The van der Waals surface area contributed by atoms with Crippen molar-refractivity contribution in [2.45, 2.75) is 38.7 Å². The minimum atomic E-state index is -0.0741. The van der Waals surface area contributed by atoms with Crippen molar-refractivity contribution >= 4 is 5.97 Å². The maximum atomic E-state index is 10.5. The van der Waals surface area contributed by atoms with Crippen LogP contribution < -0.4 is 0 Å². The summed E-state index contributed by atoms with van der Waals surface area (Å²) in [5.74, 6) is -0.0741. The van der Waals surface area contributed by atoms with Crippen molar-refractivity contribution in [2.75, 3.05) is 0 Å². The number of hydrogen-bond acceptors (Lipinski definition) is 2. The van der Waals surface area contributed by atoms with Crippen molar-refractivity contribution < 1.29 is 10.9 Å². The van der Waals surface area contributed by atoms with Crippen LogP contribution in [0.3, 0.4) is 0 Å². The van der Waals surface area contributed by atoms with E-state index in [0.29, 0.717) is 13.3 Å². The third kappa shape index (κ3) is 1.70. The molecular formula is C7H12O2. The van der Waals surface area contributed by atoms with Gasteiger partial charge in [-0.1, -0.05) is 13.3 Å². The van der Waals surface area contributed by atoms with Crippen molar-refractivity contribution in [1.82, 2.24) is 0 Å². The molecule has 0 N–H and O–H groups in total. The average molecular weight is 129 g/mol. The van der Waals surface area contributed by atoms with Crippen LogP contribution in [0.25, 0.3) is 0 Å². The van der Waals surface area contributed by atoms with Crippen LogP contribution >= 0.6 is 0 Å². The molecule has 0 aliphatic carbocycles. The lowest BCUT2D eigenvalue weighted by Gasteiger charge is -2.04. The first-order chi connectivity index (χ1) is 4.83. The van der Waals surface area contributed by atoms with Crippen molar-refractivity contribution in [2.24, 2.45) is 0 Å². The summed E-state index contributed by atoms with van der Waals surface area (Å²) in [7, 11) is 0. The average Bonchev–Trinajstić information content (AvgIpc) is 2.31. The molecule has 0 aromatic heterocycles. The van der Waals surface area contributed by atoms with E-state index in [1.54, 1.807) is 0 Å². The molecular weight excluding hydrogens is 116 g/mol. The van der Waals surface area contributed by atoms with E-state index in [0.717, 1.165) is 19.3 Å². The van der Waals surface area contributed by atoms with Crippen molar-refractivity contribution in [1.29, 1.82) is 0 Å². The minimum absolute atomic E-state index is 0.0741. The van der Waals surface area contributed by atoms with Gasteiger partial charge in [0.1, 0.15) is 6.10 Å². The standard InChI is InChI=1S/C7H12O2/c1-2-3-6-4-5-7(8)9-6/h6H,2-5H2,1H3/i1D. The maximum absolute atomic E-state index is 10.5. The van der Waals surface area contributed by atoms with Crippen LogP contribution in [0.2, 0.25) is 0 Å². The Hall–Kier alpha value is -0.530. The maximum Gasteiger partial charge on any atom is 0.306 e. The predicted octanol–water partition coefficient (Wildman–Crippen LogP) is 1.49. The van der Waals surface area contributed by atoms with Gasteiger partial charge in [-0.2, -0.15) is 0 Å². The van der Waals surface area contributed by atoms with Gasteiger partial charge in [-0.3, -0.25) is 4.79 Å². The first kappa shape index (κ1) is 5.27. The monoisotopic (exact) mass is 129 g/mol. The topological polar surface area (TPSA) is 26.3 Å². The van der Waals surface area contributed by atoms with Gasteiger partial charge in [0.05, 0.1) is 0 Å². The molecule has 0 bridgehead atoms. The Kier molecular flexibility index (Phi) is 1.67. The summed E-state index contributed by atoms with van der Waals surface area (Å²) < 4.78 is 11.8. The normalized spacial score (nSPS) is 27.8. The lowest BCUT2D eigenvalue weighted by atomic mass is 10.1. The molecule has 52 valence electrons. The second-order valence-electron chi connectivity index (χ2n) is 2.29. The first-order valence-corrected chi connectivity index (χ1v) is 3.31. The SMILES string of the molecule is [2H]CCCC1CCC(=O)O1. The van der Waals surface area contributed by atoms with E-state index in [1.807, 2.05) is 0 Å². The van der Waals surface area contributed by atoms with Gasteiger partial charge in [0.2, 0.25) is 0 Å². The van der Waals surface area contributed by atoms with E-state index in [4.69, 9.17) is 6.11 Å². The Balaban J connectivity index is 2.12. The van der Waals surface area contributed by atoms with Crippen molar-refractivity contribution in [3.63, 3.8) is 0 Å². The highest BCUT2D eigenvalue weighted by atomic mass is 16.5. The number of hydrogen-bond donors (Lipinski definition) is 0. The van der Waals surface area contributed by atoms with Crippen LogP contribution in [-0.4, -0.2) is 12.1 Å². The zero-order valence-electron chi connectivity index (χ0n) is 6.43. The molecule has 9 heavy (non-hydrogen) atoms.